The fourth-order valence-electron chi connectivity index (χ4n) is 4.50. The maximum Gasteiger partial charge on any atom is 0.0593 e. The van der Waals surface area contributed by atoms with E-state index in [0.29, 0.717) is 6.04 Å². The molecule has 3 heterocycles. The first-order chi connectivity index (χ1) is 17.8. The average Bonchev–Trinajstić information content (AvgIpc) is 3.45. The lowest BCUT2D eigenvalue weighted by Gasteiger charge is -2.23. The highest BCUT2D eigenvalue weighted by molar-refractivity contribution is 4.67. The molecule has 3 fully saturated rings. The summed E-state index contributed by atoms with van der Waals surface area (Å²) in [5, 5.41) is 0. The van der Waals surface area contributed by atoms with Crippen LogP contribution in [0.4, 0.5) is 0 Å². The first kappa shape index (κ1) is 41.3. The maximum absolute atomic E-state index is 5.33. The molecule has 0 aromatic heterocycles. The quantitative estimate of drug-likeness (QED) is 0.368. The average molecular weight is 532 g/mol. The second-order valence-electron chi connectivity index (χ2n) is 10.6. The third-order valence-corrected chi connectivity index (χ3v) is 6.73. The van der Waals surface area contributed by atoms with Gasteiger partial charge in [0, 0.05) is 52.0 Å². The zero-order chi connectivity index (χ0) is 28.9. The molecule has 3 aliphatic rings. The van der Waals surface area contributed by atoms with Crippen LogP contribution >= 0.6 is 0 Å². The Kier molecular flexibility index (Phi) is 35.7. The maximum atomic E-state index is 5.33. The van der Waals surface area contributed by atoms with E-state index < -0.39 is 0 Å². The summed E-state index contributed by atoms with van der Waals surface area (Å²) in [6, 6.07) is 2.21. The molecule has 3 saturated heterocycles. The Hall–Kier alpha value is -0.200. The van der Waals surface area contributed by atoms with E-state index in [-0.39, 0.29) is 0 Å². The Balaban J connectivity index is -0.000000417. The summed E-state index contributed by atoms with van der Waals surface area (Å²) in [6.45, 7) is 31.2. The standard InChI is InChI=1S/2C9H19N.C8H17NO.C2H6O.2C2H6/c2*1-9(2)10-7-5-3-4-6-8-10;1-8(2)9-4-3-6-10-7-5-9;1-3-2;2*1-2/h2*9H,3-8H2,1-2H3;8H,3-7H2,1-2H3;1-2H3;2*1-2H3. The molecule has 0 amide bonds. The molecule has 0 aromatic carbocycles. The largest absolute Gasteiger partial charge is 0.388 e. The van der Waals surface area contributed by atoms with Crippen LogP contribution in [0.2, 0.25) is 0 Å². The molecule has 0 unspecified atom stereocenters. The molecule has 0 atom stereocenters. The van der Waals surface area contributed by atoms with Crippen molar-refractivity contribution >= 4 is 0 Å². The predicted molar refractivity (Wildman–Crippen MR) is 168 cm³/mol. The van der Waals surface area contributed by atoms with Crippen molar-refractivity contribution in [3.63, 3.8) is 0 Å². The van der Waals surface area contributed by atoms with Crippen molar-refractivity contribution in [1.29, 1.82) is 0 Å². The first-order valence-corrected chi connectivity index (χ1v) is 16.0. The van der Waals surface area contributed by atoms with Crippen LogP contribution in [-0.4, -0.2) is 99.5 Å². The molecule has 0 saturated carbocycles. The van der Waals surface area contributed by atoms with Gasteiger partial charge < -0.3 is 19.3 Å². The van der Waals surface area contributed by atoms with Crippen LogP contribution in [0.15, 0.2) is 0 Å². The number of ether oxygens (including phenoxy) is 2. The lowest BCUT2D eigenvalue weighted by atomic mass is 10.2. The van der Waals surface area contributed by atoms with E-state index in [1.165, 1.54) is 90.5 Å². The summed E-state index contributed by atoms with van der Waals surface area (Å²) in [7, 11) is 3.25. The minimum absolute atomic E-state index is 0.682. The topological polar surface area (TPSA) is 28.2 Å². The molecular weight excluding hydrogens is 458 g/mol. The third kappa shape index (κ3) is 27.2. The van der Waals surface area contributed by atoms with Gasteiger partial charge in [-0.25, -0.2) is 0 Å². The number of likely N-dealkylation sites (tertiary alicyclic amines) is 2. The molecule has 5 heteroatoms. The van der Waals surface area contributed by atoms with Crippen molar-refractivity contribution in [3.8, 4) is 0 Å². The summed E-state index contributed by atoms with van der Waals surface area (Å²) in [6.07, 6.45) is 12.6. The fraction of sp³-hybridized carbons (Fsp3) is 1.00. The molecule has 5 nitrogen and oxygen atoms in total. The minimum Gasteiger partial charge on any atom is -0.388 e. The van der Waals surface area contributed by atoms with Gasteiger partial charge in [0.2, 0.25) is 0 Å². The monoisotopic (exact) mass is 532 g/mol. The van der Waals surface area contributed by atoms with Crippen molar-refractivity contribution in [1.82, 2.24) is 14.7 Å². The highest BCUT2D eigenvalue weighted by atomic mass is 16.5. The molecule has 0 spiro atoms. The zero-order valence-electron chi connectivity index (χ0n) is 27.9. The second-order valence-corrected chi connectivity index (χ2v) is 10.6. The molecule has 37 heavy (non-hydrogen) atoms. The number of methoxy groups -OCH3 is 1. The van der Waals surface area contributed by atoms with Crippen LogP contribution in [0.5, 0.6) is 0 Å². The highest BCUT2D eigenvalue weighted by Crippen LogP contribution is 2.12. The van der Waals surface area contributed by atoms with Gasteiger partial charge in [-0.2, -0.15) is 0 Å². The number of rotatable bonds is 3. The van der Waals surface area contributed by atoms with E-state index in [0.717, 1.165) is 31.8 Å². The number of nitrogens with zero attached hydrogens (tertiary/aromatic N) is 3. The summed E-state index contributed by atoms with van der Waals surface area (Å²) >= 11 is 0. The molecule has 3 aliphatic heterocycles. The fourth-order valence-corrected chi connectivity index (χ4v) is 4.50. The Morgan fingerprint density at radius 2 is 0.703 bits per heavy atom. The van der Waals surface area contributed by atoms with E-state index in [9.17, 15) is 0 Å². The van der Waals surface area contributed by atoms with E-state index in [2.05, 4.69) is 61.0 Å². The summed E-state index contributed by atoms with van der Waals surface area (Å²) in [4.78, 5) is 7.65. The minimum atomic E-state index is 0.682. The molecular formula is C32H73N3O2. The SMILES string of the molecule is CC.CC.CC(C)N1CCCCCC1.CC(C)N1CCCCCC1.CC(C)N1CCCOCC1.COC. The predicted octanol–water partition coefficient (Wildman–Crippen LogP) is 7.97. The van der Waals surface area contributed by atoms with Crippen LogP contribution in [0, 0.1) is 0 Å². The van der Waals surface area contributed by atoms with E-state index in [1.54, 1.807) is 14.2 Å². The lowest BCUT2D eigenvalue weighted by molar-refractivity contribution is 0.136. The van der Waals surface area contributed by atoms with Crippen LogP contribution in [0.1, 0.15) is 127 Å². The van der Waals surface area contributed by atoms with Gasteiger partial charge >= 0.3 is 0 Å². The molecule has 0 aromatic rings. The van der Waals surface area contributed by atoms with Gasteiger partial charge in [0.1, 0.15) is 0 Å². The Labute approximate surface area is 236 Å². The Morgan fingerprint density at radius 1 is 0.432 bits per heavy atom. The van der Waals surface area contributed by atoms with Crippen molar-refractivity contribution in [2.45, 2.75) is 145 Å². The number of hydrogen-bond donors (Lipinski definition) is 0. The molecule has 3 rings (SSSR count). The molecule has 0 radical (unpaired) electrons. The second kappa shape index (κ2) is 32.0. The first-order valence-electron chi connectivity index (χ1n) is 16.0. The Morgan fingerprint density at radius 3 is 1.00 bits per heavy atom. The van der Waals surface area contributed by atoms with E-state index in [1.807, 2.05) is 27.7 Å². The molecule has 0 aliphatic carbocycles. The third-order valence-electron chi connectivity index (χ3n) is 6.73. The van der Waals surface area contributed by atoms with Crippen molar-refractivity contribution in [3.05, 3.63) is 0 Å². The van der Waals surface area contributed by atoms with Crippen LogP contribution in [-0.2, 0) is 9.47 Å². The highest BCUT2D eigenvalue weighted by Gasteiger charge is 2.12. The van der Waals surface area contributed by atoms with Gasteiger partial charge in [0.05, 0.1) is 6.61 Å². The van der Waals surface area contributed by atoms with Gasteiger partial charge in [0.25, 0.3) is 0 Å². The van der Waals surface area contributed by atoms with Gasteiger partial charge in [-0.15, -0.1) is 0 Å². The van der Waals surface area contributed by atoms with E-state index >= 15 is 0 Å². The van der Waals surface area contributed by atoms with Gasteiger partial charge in [-0.1, -0.05) is 53.4 Å². The van der Waals surface area contributed by atoms with Gasteiger partial charge in [0.15, 0.2) is 0 Å². The molecule has 0 bridgehead atoms. The zero-order valence-corrected chi connectivity index (χ0v) is 27.9. The van der Waals surface area contributed by atoms with Crippen LogP contribution in [0.3, 0.4) is 0 Å². The van der Waals surface area contributed by atoms with Crippen LogP contribution in [0.25, 0.3) is 0 Å². The normalized spacial score (nSPS) is 19.5. The van der Waals surface area contributed by atoms with Crippen molar-refractivity contribution in [2.24, 2.45) is 0 Å². The lowest BCUT2D eigenvalue weighted by Crippen LogP contribution is -2.32. The van der Waals surface area contributed by atoms with Crippen LogP contribution < -0.4 is 0 Å². The summed E-state index contributed by atoms with van der Waals surface area (Å²) in [5.74, 6) is 0. The smallest absolute Gasteiger partial charge is 0.0593 e. The molecule has 0 N–H and O–H groups in total. The van der Waals surface area contributed by atoms with E-state index in [4.69, 9.17) is 4.74 Å². The summed E-state index contributed by atoms with van der Waals surface area (Å²) < 4.78 is 9.58. The van der Waals surface area contributed by atoms with Crippen molar-refractivity contribution in [2.75, 3.05) is 66.7 Å². The number of hydrogen-bond acceptors (Lipinski definition) is 5. The van der Waals surface area contributed by atoms with Gasteiger partial charge in [-0.3, -0.25) is 4.90 Å². The van der Waals surface area contributed by atoms with Gasteiger partial charge in [-0.05, 0) is 99.8 Å². The Bertz CT molecular complexity index is 324. The van der Waals surface area contributed by atoms with Crippen molar-refractivity contribution < 1.29 is 9.47 Å². The molecule has 228 valence electrons. The summed E-state index contributed by atoms with van der Waals surface area (Å²) in [5.41, 5.74) is 0.